The fourth-order valence-corrected chi connectivity index (χ4v) is 5.12. The van der Waals surface area contributed by atoms with Crippen LogP contribution in [0.15, 0.2) is 138 Å². The van der Waals surface area contributed by atoms with Gasteiger partial charge in [-0.25, -0.2) is 9.78 Å². The summed E-state index contributed by atoms with van der Waals surface area (Å²) in [5.74, 6) is 0. The van der Waals surface area contributed by atoms with E-state index in [1.165, 1.54) is 0 Å². The molecule has 5 aromatic carbocycles. The zero-order chi connectivity index (χ0) is 28.3. The van der Waals surface area contributed by atoms with Gasteiger partial charge in [-0.05, 0) is 63.4 Å². The molecular formula is C35H32N2O4. The first-order chi connectivity index (χ1) is 20.3. The monoisotopic (exact) mass is 544 g/mol. The molecule has 0 heterocycles. The van der Waals surface area contributed by atoms with Gasteiger partial charge in [-0.3, -0.25) is 10.5 Å². The van der Waals surface area contributed by atoms with Crippen molar-refractivity contribution in [2.45, 2.75) is 32.1 Å². The molecule has 41 heavy (non-hydrogen) atoms. The maximum Gasteiger partial charge on any atom is 0.121 e. The normalized spacial score (nSPS) is 12.0. The molecule has 5 rings (SSSR count). The zero-order valence-electron chi connectivity index (χ0n) is 22.6. The van der Waals surface area contributed by atoms with Crippen molar-refractivity contribution in [1.82, 2.24) is 0 Å². The molecule has 1 unspecified atom stereocenters. The molecule has 2 N–H and O–H groups in total. The van der Waals surface area contributed by atoms with Crippen molar-refractivity contribution in [3.63, 3.8) is 0 Å². The van der Waals surface area contributed by atoms with Crippen LogP contribution in [0.2, 0.25) is 0 Å². The molecule has 0 saturated carbocycles. The van der Waals surface area contributed by atoms with Crippen LogP contribution < -0.4 is 0 Å². The van der Waals surface area contributed by atoms with Crippen molar-refractivity contribution in [2.75, 3.05) is 0 Å². The number of nitrogens with zero attached hydrogens (tertiary/aromatic N) is 2. The summed E-state index contributed by atoms with van der Waals surface area (Å²) in [5, 5.41) is 28.4. The van der Waals surface area contributed by atoms with E-state index in [0.717, 1.165) is 44.5 Å². The quantitative estimate of drug-likeness (QED) is 0.0934. The van der Waals surface area contributed by atoms with E-state index in [1.54, 1.807) is 0 Å². The number of hydrogen-bond acceptors (Lipinski definition) is 6. The van der Waals surface area contributed by atoms with Gasteiger partial charge in [0.25, 0.3) is 0 Å². The Hall–Kier alpha value is -4.46. The molecule has 6 heteroatoms. The van der Waals surface area contributed by atoms with Crippen molar-refractivity contribution in [2.24, 2.45) is 10.2 Å². The van der Waals surface area contributed by atoms with E-state index in [4.69, 9.17) is 10.2 Å². The maximum absolute atomic E-state index is 9.36. The van der Waals surface area contributed by atoms with Crippen LogP contribution in [0.4, 0.5) is 5.69 Å². The van der Waals surface area contributed by atoms with Crippen molar-refractivity contribution >= 4 is 5.69 Å². The van der Waals surface area contributed by atoms with Gasteiger partial charge >= 0.3 is 0 Å². The van der Waals surface area contributed by atoms with E-state index in [0.29, 0.717) is 18.5 Å². The molecule has 0 saturated heterocycles. The SMILES string of the molecule is OOCc1cccc(N=NC(c2ccccc2)c2cccc(COO)c2Cc2ccccc2)c1Cc1ccccc1. The third-order valence-corrected chi connectivity index (χ3v) is 7.14. The lowest BCUT2D eigenvalue weighted by molar-refractivity contribution is -0.253. The molecule has 1 atom stereocenters. The van der Waals surface area contributed by atoms with Crippen LogP contribution in [-0.2, 0) is 35.8 Å². The summed E-state index contributed by atoms with van der Waals surface area (Å²) < 4.78 is 0. The number of azo groups is 1. The highest BCUT2D eigenvalue weighted by Gasteiger charge is 2.20. The first-order valence-electron chi connectivity index (χ1n) is 13.5. The maximum atomic E-state index is 9.36. The summed E-state index contributed by atoms with van der Waals surface area (Å²) in [6.07, 6.45) is 1.27. The van der Waals surface area contributed by atoms with Gasteiger partial charge in [0.05, 0.1) is 5.69 Å². The predicted molar refractivity (Wildman–Crippen MR) is 159 cm³/mol. The Balaban J connectivity index is 1.61. The van der Waals surface area contributed by atoms with Gasteiger partial charge in [0.1, 0.15) is 19.3 Å². The van der Waals surface area contributed by atoms with Crippen molar-refractivity contribution in [3.05, 3.63) is 172 Å². The molecule has 0 aliphatic rings. The minimum absolute atomic E-state index is 0.0536. The molecule has 0 amide bonds. The molecule has 0 fully saturated rings. The second-order valence-electron chi connectivity index (χ2n) is 9.80. The van der Waals surface area contributed by atoms with Gasteiger partial charge in [-0.2, -0.15) is 10.2 Å². The van der Waals surface area contributed by atoms with Crippen LogP contribution in [-0.4, -0.2) is 10.5 Å². The Labute approximate surface area is 240 Å². The Morgan fingerprint density at radius 1 is 0.537 bits per heavy atom. The van der Waals surface area contributed by atoms with Crippen LogP contribution in [0.1, 0.15) is 50.5 Å². The molecule has 0 bridgehead atoms. The molecule has 0 aliphatic heterocycles. The van der Waals surface area contributed by atoms with E-state index in [1.807, 2.05) is 97.1 Å². The van der Waals surface area contributed by atoms with Gasteiger partial charge < -0.3 is 0 Å². The smallest absolute Gasteiger partial charge is 0.121 e. The lowest BCUT2D eigenvalue weighted by atomic mass is 9.89. The van der Waals surface area contributed by atoms with E-state index in [9.17, 15) is 10.5 Å². The summed E-state index contributed by atoms with van der Waals surface area (Å²) in [6, 6.07) is 41.8. The average molecular weight is 545 g/mol. The third kappa shape index (κ3) is 7.20. The van der Waals surface area contributed by atoms with Crippen LogP contribution in [0.5, 0.6) is 0 Å². The largest absolute Gasteiger partial charge is 0.251 e. The summed E-state index contributed by atoms with van der Waals surface area (Å²) in [6.45, 7) is 0.122. The molecule has 6 nitrogen and oxygen atoms in total. The highest BCUT2D eigenvalue weighted by molar-refractivity contribution is 5.52. The van der Waals surface area contributed by atoms with Crippen LogP contribution in [0, 0.1) is 0 Å². The van der Waals surface area contributed by atoms with Gasteiger partial charge in [0.2, 0.25) is 0 Å². The van der Waals surface area contributed by atoms with Crippen LogP contribution in [0.25, 0.3) is 0 Å². The zero-order valence-corrected chi connectivity index (χ0v) is 22.6. The summed E-state index contributed by atoms with van der Waals surface area (Å²) in [5.41, 5.74) is 8.66. The Morgan fingerprint density at radius 2 is 1.05 bits per heavy atom. The molecule has 206 valence electrons. The van der Waals surface area contributed by atoms with Gasteiger partial charge in [0.15, 0.2) is 0 Å². The fraction of sp³-hybridized carbons (Fsp3) is 0.143. The number of benzene rings is 5. The van der Waals surface area contributed by atoms with E-state index >= 15 is 0 Å². The Kier molecular flexibility index (Phi) is 9.76. The van der Waals surface area contributed by atoms with Crippen molar-refractivity contribution in [1.29, 1.82) is 0 Å². The molecule has 0 aliphatic carbocycles. The standard InChI is InChI=1S/C35H32N2O4/c38-40-24-29-18-10-20-31(32(29)22-26-12-4-1-5-13-26)35(28-16-8-3-9-17-28)37-36-34-21-11-19-30(25-41-39)33(34)23-27-14-6-2-7-15-27/h1-21,35,38-39H,22-25H2. The average Bonchev–Trinajstić information content (AvgIpc) is 3.02. The number of hydrogen-bond donors (Lipinski definition) is 2. The van der Waals surface area contributed by atoms with E-state index < -0.39 is 6.04 Å². The fourth-order valence-electron chi connectivity index (χ4n) is 5.12. The molecule has 0 spiro atoms. The lowest BCUT2D eigenvalue weighted by Gasteiger charge is -2.20. The lowest BCUT2D eigenvalue weighted by Crippen LogP contribution is -2.07. The number of rotatable bonds is 12. The topological polar surface area (TPSA) is 83.6 Å². The molecule has 0 aromatic heterocycles. The highest BCUT2D eigenvalue weighted by Crippen LogP contribution is 2.35. The summed E-state index contributed by atoms with van der Waals surface area (Å²) in [4.78, 5) is 9.13. The van der Waals surface area contributed by atoms with Gasteiger partial charge in [0, 0.05) is 0 Å². The molecular weight excluding hydrogens is 512 g/mol. The first-order valence-corrected chi connectivity index (χ1v) is 13.5. The summed E-state index contributed by atoms with van der Waals surface area (Å²) >= 11 is 0. The van der Waals surface area contributed by atoms with Crippen molar-refractivity contribution < 1.29 is 20.3 Å². The second-order valence-corrected chi connectivity index (χ2v) is 9.80. The van der Waals surface area contributed by atoms with E-state index in [-0.39, 0.29) is 13.2 Å². The van der Waals surface area contributed by atoms with Crippen LogP contribution >= 0.6 is 0 Å². The Bertz CT molecular complexity index is 1560. The van der Waals surface area contributed by atoms with Crippen molar-refractivity contribution in [3.8, 4) is 0 Å². The second kappa shape index (κ2) is 14.3. The minimum atomic E-state index is -0.407. The third-order valence-electron chi connectivity index (χ3n) is 7.14. The molecule has 5 aromatic rings. The first kappa shape index (κ1) is 28.1. The minimum Gasteiger partial charge on any atom is -0.251 e. The van der Waals surface area contributed by atoms with Crippen LogP contribution in [0.3, 0.4) is 0 Å². The predicted octanol–water partition coefficient (Wildman–Crippen LogP) is 8.72. The van der Waals surface area contributed by atoms with Gasteiger partial charge in [-0.15, -0.1) is 0 Å². The summed E-state index contributed by atoms with van der Waals surface area (Å²) in [7, 11) is 0. The van der Waals surface area contributed by atoms with Gasteiger partial charge in [-0.1, -0.05) is 121 Å². The Morgan fingerprint density at radius 3 is 1.63 bits per heavy atom. The highest BCUT2D eigenvalue weighted by atomic mass is 17.1. The van der Waals surface area contributed by atoms with E-state index in [2.05, 4.69) is 40.1 Å². The molecule has 0 radical (unpaired) electrons.